The topological polar surface area (TPSA) is 38.9 Å². The maximum absolute atomic E-state index is 5.85. The molecule has 0 aliphatic carbocycles. The van der Waals surface area contributed by atoms with Crippen LogP contribution in [0.5, 0.6) is 0 Å². The SMILES string of the molecule is CC(C)(C)c1cnc(CC(C)(C)c2ccsn2)o1. The molecule has 4 heteroatoms. The van der Waals surface area contributed by atoms with E-state index in [0.29, 0.717) is 0 Å². The summed E-state index contributed by atoms with van der Waals surface area (Å²) in [5.41, 5.74) is 1.07. The molecule has 2 aromatic heterocycles. The van der Waals surface area contributed by atoms with Gasteiger partial charge in [-0.05, 0) is 17.6 Å². The first-order valence-electron chi connectivity index (χ1n) is 6.15. The summed E-state index contributed by atoms with van der Waals surface area (Å²) in [7, 11) is 0. The fraction of sp³-hybridized carbons (Fsp3) is 0.571. The molecule has 0 radical (unpaired) electrons. The monoisotopic (exact) mass is 264 g/mol. The van der Waals surface area contributed by atoms with Gasteiger partial charge in [0.15, 0.2) is 5.89 Å². The molecule has 0 saturated carbocycles. The van der Waals surface area contributed by atoms with Crippen LogP contribution in [0.4, 0.5) is 0 Å². The second kappa shape index (κ2) is 4.50. The van der Waals surface area contributed by atoms with Gasteiger partial charge in [-0.3, -0.25) is 0 Å². The molecular formula is C14H20N2OS. The highest BCUT2D eigenvalue weighted by molar-refractivity contribution is 7.03. The maximum Gasteiger partial charge on any atom is 0.195 e. The van der Waals surface area contributed by atoms with Crippen molar-refractivity contribution in [3.05, 3.63) is 35.0 Å². The summed E-state index contributed by atoms with van der Waals surface area (Å²) < 4.78 is 10.3. The summed E-state index contributed by atoms with van der Waals surface area (Å²) in [5, 5.41) is 2.01. The largest absolute Gasteiger partial charge is 0.445 e. The number of hydrogen-bond acceptors (Lipinski definition) is 4. The minimum Gasteiger partial charge on any atom is -0.445 e. The lowest BCUT2D eigenvalue weighted by Gasteiger charge is -2.20. The van der Waals surface area contributed by atoms with Crippen LogP contribution in [0, 0.1) is 0 Å². The smallest absolute Gasteiger partial charge is 0.195 e. The van der Waals surface area contributed by atoms with Crippen LogP contribution in [0.15, 0.2) is 22.1 Å². The van der Waals surface area contributed by atoms with E-state index in [1.165, 1.54) is 11.5 Å². The molecule has 0 unspecified atom stereocenters. The summed E-state index contributed by atoms with van der Waals surface area (Å²) >= 11 is 1.49. The molecule has 0 spiro atoms. The van der Waals surface area contributed by atoms with E-state index in [0.717, 1.165) is 23.8 Å². The standard InChI is InChI=1S/C14H20N2OS/c1-13(2,3)11-9-15-12(17-11)8-14(4,5)10-6-7-18-16-10/h6-7,9H,8H2,1-5H3. The molecule has 0 aliphatic heterocycles. The number of aromatic nitrogens is 2. The highest BCUT2D eigenvalue weighted by Gasteiger charge is 2.27. The highest BCUT2D eigenvalue weighted by atomic mass is 32.1. The van der Waals surface area contributed by atoms with E-state index in [2.05, 4.69) is 50.0 Å². The first kappa shape index (κ1) is 13.3. The molecule has 0 aliphatic rings. The third kappa shape index (κ3) is 2.80. The molecular weight excluding hydrogens is 244 g/mol. The highest BCUT2D eigenvalue weighted by Crippen LogP contribution is 2.29. The van der Waals surface area contributed by atoms with E-state index in [1.54, 1.807) is 0 Å². The molecule has 0 fully saturated rings. The fourth-order valence-electron chi connectivity index (χ4n) is 1.77. The van der Waals surface area contributed by atoms with Crippen molar-refractivity contribution < 1.29 is 4.42 Å². The summed E-state index contributed by atoms with van der Waals surface area (Å²) in [4.78, 5) is 4.39. The van der Waals surface area contributed by atoms with Gasteiger partial charge in [0.25, 0.3) is 0 Å². The van der Waals surface area contributed by atoms with Crippen molar-refractivity contribution in [1.82, 2.24) is 9.36 Å². The van der Waals surface area contributed by atoms with Gasteiger partial charge < -0.3 is 4.42 Å². The van der Waals surface area contributed by atoms with Crippen LogP contribution in [0.2, 0.25) is 0 Å². The molecule has 2 heterocycles. The van der Waals surface area contributed by atoms with Crippen molar-refractivity contribution in [3.63, 3.8) is 0 Å². The zero-order valence-electron chi connectivity index (χ0n) is 11.7. The van der Waals surface area contributed by atoms with E-state index in [-0.39, 0.29) is 10.8 Å². The van der Waals surface area contributed by atoms with Crippen molar-refractivity contribution in [3.8, 4) is 0 Å². The first-order chi connectivity index (χ1) is 8.29. The van der Waals surface area contributed by atoms with E-state index >= 15 is 0 Å². The van der Waals surface area contributed by atoms with Crippen molar-refractivity contribution in [2.75, 3.05) is 0 Å². The summed E-state index contributed by atoms with van der Waals surface area (Å²) in [6.07, 6.45) is 2.61. The molecule has 0 saturated heterocycles. The molecule has 98 valence electrons. The van der Waals surface area contributed by atoms with Crippen LogP contribution >= 0.6 is 11.5 Å². The van der Waals surface area contributed by atoms with Gasteiger partial charge in [-0.25, -0.2) is 4.98 Å². The third-order valence-electron chi connectivity index (χ3n) is 3.02. The lowest BCUT2D eigenvalue weighted by Crippen LogP contribution is -2.21. The van der Waals surface area contributed by atoms with E-state index in [1.807, 2.05) is 11.6 Å². The van der Waals surface area contributed by atoms with Crippen LogP contribution in [0.1, 0.15) is 52.0 Å². The van der Waals surface area contributed by atoms with Crippen molar-refractivity contribution >= 4 is 11.5 Å². The second-order valence-electron chi connectivity index (χ2n) is 6.31. The Morgan fingerprint density at radius 3 is 2.44 bits per heavy atom. The normalized spacial score (nSPS) is 12.9. The fourth-order valence-corrected chi connectivity index (χ4v) is 2.44. The Kier molecular flexibility index (Phi) is 3.32. The van der Waals surface area contributed by atoms with Crippen LogP contribution in [0.25, 0.3) is 0 Å². The quantitative estimate of drug-likeness (QED) is 0.842. The maximum atomic E-state index is 5.85. The van der Waals surface area contributed by atoms with Gasteiger partial charge in [0, 0.05) is 22.6 Å². The van der Waals surface area contributed by atoms with Gasteiger partial charge in [0.05, 0.1) is 11.9 Å². The van der Waals surface area contributed by atoms with Crippen LogP contribution < -0.4 is 0 Å². The summed E-state index contributed by atoms with van der Waals surface area (Å²) in [6.45, 7) is 10.7. The molecule has 2 aromatic rings. The zero-order valence-corrected chi connectivity index (χ0v) is 12.5. The molecule has 3 nitrogen and oxygen atoms in total. The van der Waals surface area contributed by atoms with Gasteiger partial charge in [-0.15, -0.1) is 0 Å². The Morgan fingerprint density at radius 2 is 1.94 bits per heavy atom. The van der Waals surface area contributed by atoms with Gasteiger partial charge in [-0.2, -0.15) is 4.37 Å². The molecule has 2 rings (SSSR count). The second-order valence-corrected chi connectivity index (χ2v) is 6.98. The molecule has 18 heavy (non-hydrogen) atoms. The molecule has 0 aromatic carbocycles. The average molecular weight is 264 g/mol. The van der Waals surface area contributed by atoms with Gasteiger partial charge in [0.1, 0.15) is 5.76 Å². The lowest BCUT2D eigenvalue weighted by atomic mass is 9.86. The minimum absolute atomic E-state index is 0.00994. The minimum atomic E-state index is -0.0417. The van der Waals surface area contributed by atoms with Crippen LogP contribution in [0.3, 0.4) is 0 Å². The lowest BCUT2D eigenvalue weighted by molar-refractivity contribution is 0.355. The van der Waals surface area contributed by atoms with E-state index < -0.39 is 0 Å². The average Bonchev–Trinajstić information content (AvgIpc) is 2.83. The molecule has 0 amide bonds. The zero-order chi connectivity index (χ0) is 13.4. The first-order valence-corrected chi connectivity index (χ1v) is 6.99. The third-order valence-corrected chi connectivity index (χ3v) is 3.58. The van der Waals surface area contributed by atoms with Crippen molar-refractivity contribution in [1.29, 1.82) is 0 Å². The molecule has 0 atom stereocenters. The Hall–Kier alpha value is -1.16. The van der Waals surface area contributed by atoms with Gasteiger partial charge in [0.2, 0.25) is 0 Å². The predicted molar refractivity (Wildman–Crippen MR) is 74.0 cm³/mol. The molecule has 0 N–H and O–H groups in total. The van der Waals surface area contributed by atoms with Crippen LogP contribution in [-0.2, 0) is 17.3 Å². The van der Waals surface area contributed by atoms with E-state index in [9.17, 15) is 0 Å². The summed E-state index contributed by atoms with van der Waals surface area (Å²) in [5.74, 6) is 1.73. The molecule has 0 bridgehead atoms. The number of oxazole rings is 1. The Morgan fingerprint density at radius 1 is 1.22 bits per heavy atom. The van der Waals surface area contributed by atoms with E-state index in [4.69, 9.17) is 4.42 Å². The Balaban J connectivity index is 2.17. The number of nitrogens with zero attached hydrogens (tertiary/aromatic N) is 2. The summed E-state index contributed by atoms with van der Waals surface area (Å²) in [6, 6.07) is 2.07. The van der Waals surface area contributed by atoms with Crippen molar-refractivity contribution in [2.45, 2.75) is 51.9 Å². The number of hydrogen-bond donors (Lipinski definition) is 0. The van der Waals surface area contributed by atoms with Crippen molar-refractivity contribution in [2.24, 2.45) is 0 Å². The van der Waals surface area contributed by atoms with Gasteiger partial charge in [-0.1, -0.05) is 34.6 Å². The predicted octanol–water partition coefficient (Wildman–Crippen LogP) is 3.95. The van der Waals surface area contributed by atoms with Crippen LogP contribution in [-0.4, -0.2) is 9.36 Å². The van der Waals surface area contributed by atoms with Gasteiger partial charge >= 0.3 is 0 Å². The number of rotatable bonds is 3. The Labute approximate surface area is 112 Å². The Bertz CT molecular complexity index is 506.